The first-order valence-electron chi connectivity index (χ1n) is 6.63. The molecule has 0 saturated carbocycles. The van der Waals surface area contributed by atoms with Gasteiger partial charge in [-0.3, -0.25) is 0 Å². The molecule has 2 aromatic rings. The molecular weight excluding hydrogens is 273 g/mol. The van der Waals surface area contributed by atoms with Gasteiger partial charge in [-0.05, 0) is 42.4 Å². The molecule has 1 heterocycles. The van der Waals surface area contributed by atoms with E-state index in [1.807, 2.05) is 31.3 Å². The van der Waals surface area contributed by atoms with Gasteiger partial charge in [0.1, 0.15) is 0 Å². The summed E-state index contributed by atoms with van der Waals surface area (Å²) >= 11 is 0. The van der Waals surface area contributed by atoms with Crippen molar-refractivity contribution >= 4 is 0 Å². The van der Waals surface area contributed by atoms with E-state index in [1.165, 1.54) is 13.2 Å². The summed E-state index contributed by atoms with van der Waals surface area (Å²) in [6, 6.07) is 10.5. The molecule has 0 spiro atoms. The summed E-state index contributed by atoms with van der Waals surface area (Å²) in [6.07, 6.45) is 0. The Morgan fingerprint density at radius 3 is 2.52 bits per heavy atom. The summed E-state index contributed by atoms with van der Waals surface area (Å²) in [5.41, 5.74) is 1.79. The lowest BCUT2D eigenvalue weighted by atomic mass is 9.98. The van der Waals surface area contributed by atoms with Crippen molar-refractivity contribution < 1.29 is 18.6 Å². The second-order valence-corrected chi connectivity index (χ2v) is 4.73. The van der Waals surface area contributed by atoms with Gasteiger partial charge in [-0.1, -0.05) is 12.1 Å². The molecule has 0 saturated heterocycles. The van der Waals surface area contributed by atoms with Gasteiger partial charge in [-0.15, -0.1) is 0 Å². The summed E-state index contributed by atoms with van der Waals surface area (Å²) in [4.78, 5) is 0. The van der Waals surface area contributed by atoms with E-state index in [0.29, 0.717) is 5.75 Å². The number of rotatable bonds is 4. The Morgan fingerprint density at radius 2 is 1.81 bits per heavy atom. The van der Waals surface area contributed by atoms with Crippen molar-refractivity contribution in [3.63, 3.8) is 0 Å². The number of hydrogen-bond donors (Lipinski definition) is 1. The number of benzene rings is 2. The molecule has 21 heavy (non-hydrogen) atoms. The van der Waals surface area contributed by atoms with E-state index in [9.17, 15) is 4.39 Å². The van der Waals surface area contributed by atoms with E-state index < -0.39 is 0 Å². The predicted molar refractivity (Wildman–Crippen MR) is 76.4 cm³/mol. The SMILES string of the molecule is CNC(c1ccc(OC)c(F)c1)c1ccc2c(c1)OCO2. The number of ether oxygens (including phenoxy) is 3. The van der Waals surface area contributed by atoms with Gasteiger partial charge in [0.2, 0.25) is 6.79 Å². The average Bonchev–Trinajstić information content (AvgIpc) is 2.96. The van der Waals surface area contributed by atoms with Gasteiger partial charge in [-0.25, -0.2) is 4.39 Å². The molecular formula is C16H16FNO3. The average molecular weight is 289 g/mol. The monoisotopic (exact) mass is 289 g/mol. The Balaban J connectivity index is 1.96. The van der Waals surface area contributed by atoms with Gasteiger partial charge >= 0.3 is 0 Å². The van der Waals surface area contributed by atoms with Crippen molar-refractivity contribution in [1.29, 1.82) is 0 Å². The molecule has 0 fully saturated rings. The van der Waals surface area contributed by atoms with E-state index in [1.54, 1.807) is 6.07 Å². The fourth-order valence-electron chi connectivity index (χ4n) is 2.48. The zero-order valence-electron chi connectivity index (χ0n) is 11.9. The van der Waals surface area contributed by atoms with Gasteiger partial charge in [-0.2, -0.15) is 0 Å². The molecule has 0 amide bonds. The van der Waals surface area contributed by atoms with Gasteiger partial charge in [0.05, 0.1) is 13.2 Å². The van der Waals surface area contributed by atoms with E-state index in [4.69, 9.17) is 14.2 Å². The number of halogens is 1. The minimum atomic E-state index is -0.379. The first-order valence-corrected chi connectivity index (χ1v) is 6.63. The maximum absolute atomic E-state index is 13.9. The lowest BCUT2D eigenvalue weighted by Gasteiger charge is -2.18. The lowest BCUT2D eigenvalue weighted by molar-refractivity contribution is 0.174. The molecule has 0 radical (unpaired) electrons. The van der Waals surface area contributed by atoms with Crippen LogP contribution in [0.4, 0.5) is 4.39 Å². The Labute approximate surface area is 122 Å². The van der Waals surface area contributed by atoms with Crippen molar-refractivity contribution in [2.45, 2.75) is 6.04 Å². The standard InChI is InChI=1S/C16H16FNO3/c1-18-16(10-3-5-13(19-2)12(17)7-10)11-4-6-14-15(8-11)21-9-20-14/h3-8,16,18H,9H2,1-2H3. The third-order valence-corrected chi connectivity index (χ3v) is 3.53. The number of nitrogens with one attached hydrogen (secondary N) is 1. The molecule has 4 nitrogen and oxygen atoms in total. The van der Waals surface area contributed by atoms with Crippen LogP contribution in [0.25, 0.3) is 0 Å². The number of fused-ring (bicyclic) bond motifs is 1. The Morgan fingerprint density at radius 1 is 1.10 bits per heavy atom. The van der Waals surface area contributed by atoms with Crippen molar-refractivity contribution in [3.8, 4) is 17.2 Å². The highest BCUT2D eigenvalue weighted by Crippen LogP contribution is 2.36. The van der Waals surface area contributed by atoms with Gasteiger partial charge in [0.25, 0.3) is 0 Å². The van der Waals surface area contributed by atoms with Crippen LogP contribution in [0.1, 0.15) is 17.2 Å². The maximum atomic E-state index is 13.9. The summed E-state index contributed by atoms with van der Waals surface area (Å²) in [7, 11) is 3.28. The van der Waals surface area contributed by atoms with E-state index >= 15 is 0 Å². The summed E-state index contributed by atoms with van der Waals surface area (Å²) in [5, 5.41) is 3.19. The summed E-state index contributed by atoms with van der Waals surface area (Å²) in [5.74, 6) is 1.30. The highest BCUT2D eigenvalue weighted by atomic mass is 19.1. The topological polar surface area (TPSA) is 39.7 Å². The highest BCUT2D eigenvalue weighted by Gasteiger charge is 2.19. The van der Waals surface area contributed by atoms with Crippen LogP contribution in [0, 0.1) is 5.82 Å². The molecule has 0 aliphatic carbocycles. The van der Waals surface area contributed by atoms with Crippen LogP contribution in [-0.4, -0.2) is 21.0 Å². The first kappa shape index (κ1) is 13.7. The smallest absolute Gasteiger partial charge is 0.231 e. The molecule has 3 rings (SSSR count). The second kappa shape index (κ2) is 5.61. The zero-order chi connectivity index (χ0) is 14.8. The van der Waals surface area contributed by atoms with Crippen LogP contribution in [-0.2, 0) is 0 Å². The van der Waals surface area contributed by atoms with E-state index in [2.05, 4.69) is 5.32 Å². The van der Waals surface area contributed by atoms with Crippen molar-refractivity contribution in [2.24, 2.45) is 0 Å². The number of methoxy groups -OCH3 is 1. The fraction of sp³-hybridized carbons (Fsp3) is 0.250. The molecule has 110 valence electrons. The van der Waals surface area contributed by atoms with E-state index in [-0.39, 0.29) is 24.4 Å². The molecule has 5 heteroatoms. The minimum Gasteiger partial charge on any atom is -0.494 e. The van der Waals surface area contributed by atoms with E-state index in [0.717, 1.165) is 16.9 Å². The summed E-state index contributed by atoms with van der Waals surface area (Å²) in [6.45, 7) is 0.236. The molecule has 1 atom stereocenters. The molecule has 0 aromatic heterocycles. The predicted octanol–water partition coefficient (Wildman–Crippen LogP) is 2.87. The number of hydrogen-bond acceptors (Lipinski definition) is 4. The quantitative estimate of drug-likeness (QED) is 0.939. The van der Waals surface area contributed by atoms with Crippen molar-refractivity contribution in [2.75, 3.05) is 21.0 Å². The van der Waals surface area contributed by atoms with Gasteiger partial charge in [0.15, 0.2) is 23.1 Å². The van der Waals surface area contributed by atoms with Crippen LogP contribution < -0.4 is 19.5 Å². The fourth-order valence-corrected chi connectivity index (χ4v) is 2.48. The molecule has 1 N–H and O–H groups in total. The largest absolute Gasteiger partial charge is 0.494 e. The Bertz CT molecular complexity index is 660. The lowest BCUT2D eigenvalue weighted by Crippen LogP contribution is -2.17. The third kappa shape index (κ3) is 2.52. The highest BCUT2D eigenvalue weighted by molar-refractivity contribution is 5.47. The van der Waals surface area contributed by atoms with Crippen molar-refractivity contribution in [3.05, 3.63) is 53.3 Å². The van der Waals surface area contributed by atoms with Crippen LogP contribution in [0.15, 0.2) is 36.4 Å². The van der Waals surface area contributed by atoms with Gasteiger partial charge < -0.3 is 19.5 Å². The minimum absolute atomic E-state index is 0.139. The molecule has 0 bridgehead atoms. The van der Waals surface area contributed by atoms with Crippen molar-refractivity contribution in [1.82, 2.24) is 5.32 Å². The second-order valence-electron chi connectivity index (χ2n) is 4.73. The zero-order valence-corrected chi connectivity index (χ0v) is 11.9. The summed E-state index contributed by atoms with van der Waals surface area (Å²) < 4.78 is 29.5. The molecule has 1 aliphatic heterocycles. The van der Waals surface area contributed by atoms with Crippen LogP contribution in [0.2, 0.25) is 0 Å². The molecule has 1 aliphatic rings. The van der Waals surface area contributed by atoms with Crippen LogP contribution in [0.3, 0.4) is 0 Å². The van der Waals surface area contributed by atoms with Gasteiger partial charge in [0, 0.05) is 0 Å². The van der Waals surface area contributed by atoms with Crippen LogP contribution in [0.5, 0.6) is 17.2 Å². The molecule has 2 aromatic carbocycles. The van der Waals surface area contributed by atoms with Crippen LogP contribution >= 0.6 is 0 Å². The third-order valence-electron chi connectivity index (χ3n) is 3.53. The maximum Gasteiger partial charge on any atom is 0.231 e. The Hall–Kier alpha value is -2.27. The Kier molecular flexibility index (Phi) is 3.66. The molecule has 1 unspecified atom stereocenters. The first-order chi connectivity index (χ1) is 10.2. The normalized spacial score (nSPS) is 14.0.